The molecule has 2 amide bonds. The van der Waals surface area contributed by atoms with E-state index in [1.807, 2.05) is 88.3 Å². The van der Waals surface area contributed by atoms with E-state index in [0.29, 0.717) is 54.1 Å². The van der Waals surface area contributed by atoms with Crippen molar-refractivity contribution in [3.8, 4) is 11.5 Å². The molecule has 1 aromatic heterocycles. The Balaban J connectivity index is 0.00000209. The van der Waals surface area contributed by atoms with Gasteiger partial charge in [0.15, 0.2) is 0 Å². The summed E-state index contributed by atoms with van der Waals surface area (Å²) in [5.74, 6) is 1.90. The molecule has 1 aliphatic heterocycles. The average Bonchev–Trinajstić information content (AvgIpc) is 3.13. The number of amides is 2. The van der Waals surface area contributed by atoms with Gasteiger partial charge in [-0.25, -0.2) is 9.79 Å². The Morgan fingerprint density at radius 3 is 2.43 bits per heavy atom. The van der Waals surface area contributed by atoms with Crippen molar-refractivity contribution in [3.63, 3.8) is 0 Å². The van der Waals surface area contributed by atoms with Gasteiger partial charge in [0.2, 0.25) is 5.96 Å². The predicted molar refractivity (Wildman–Crippen MR) is 210 cm³/mol. The highest BCUT2D eigenvalue weighted by atomic mass is 16.5. The van der Waals surface area contributed by atoms with Crippen LogP contribution in [0.25, 0.3) is 0 Å². The molecule has 0 spiro atoms. The number of allylic oxidation sites excluding steroid dienone is 1. The van der Waals surface area contributed by atoms with Crippen molar-refractivity contribution in [3.05, 3.63) is 95.2 Å². The monoisotopic (exact) mass is 741 g/mol. The third-order valence-electron chi connectivity index (χ3n) is 9.10. The maximum Gasteiger partial charge on any atom is 0.320 e. The smallest absolute Gasteiger partial charge is 0.320 e. The minimum absolute atomic E-state index is 0.236. The van der Waals surface area contributed by atoms with Gasteiger partial charge in [-0.05, 0) is 81.6 Å². The predicted octanol–water partition coefficient (Wildman–Crippen LogP) is 5.75. The number of likely N-dealkylation sites (N-methyl/N-ethyl adjacent to an activating group) is 1. The molecular weight excluding hydrogens is 686 g/mol. The maximum atomic E-state index is 13.6. The molecule has 0 saturated carbocycles. The van der Waals surface area contributed by atoms with Crippen molar-refractivity contribution >= 4 is 30.0 Å². The number of amidine groups is 1. The summed E-state index contributed by atoms with van der Waals surface area (Å²) >= 11 is 0. The van der Waals surface area contributed by atoms with Gasteiger partial charge in [-0.3, -0.25) is 25.5 Å². The van der Waals surface area contributed by atoms with E-state index in [4.69, 9.17) is 40.9 Å². The molecule has 54 heavy (non-hydrogen) atoms. The fraction of sp³-hybridized carbons (Fsp3) is 0.425. The lowest BCUT2D eigenvalue weighted by Gasteiger charge is -2.33. The second kappa shape index (κ2) is 19.4. The van der Waals surface area contributed by atoms with Crippen LogP contribution in [0.2, 0.25) is 0 Å². The summed E-state index contributed by atoms with van der Waals surface area (Å²) in [7, 11) is 3.99. The van der Waals surface area contributed by atoms with Gasteiger partial charge in [0, 0.05) is 42.9 Å². The summed E-state index contributed by atoms with van der Waals surface area (Å²) in [5.41, 5.74) is 9.51. The van der Waals surface area contributed by atoms with Gasteiger partial charge in [-0.15, -0.1) is 0 Å². The number of nitrogens with two attached hydrogens (primary N) is 1. The molecule has 290 valence electrons. The van der Waals surface area contributed by atoms with Crippen LogP contribution in [0, 0.1) is 16.2 Å². The number of nitrogens with one attached hydrogen (secondary N) is 4. The van der Waals surface area contributed by atoms with E-state index in [1.165, 1.54) is 6.42 Å². The maximum absolute atomic E-state index is 13.6. The van der Waals surface area contributed by atoms with Gasteiger partial charge < -0.3 is 35.4 Å². The van der Waals surface area contributed by atoms with Crippen molar-refractivity contribution < 1.29 is 24.2 Å². The summed E-state index contributed by atoms with van der Waals surface area (Å²) in [6, 6.07) is 18.2. The fourth-order valence-electron chi connectivity index (χ4n) is 6.07. The molecular formula is C40H55N9O5. The minimum Gasteiger partial charge on any atom is -0.492 e. The van der Waals surface area contributed by atoms with Gasteiger partial charge in [0.25, 0.3) is 6.47 Å². The average molecular weight is 742 g/mol. The van der Waals surface area contributed by atoms with Crippen LogP contribution in [-0.2, 0) is 4.79 Å². The minimum atomic E-state index is -0.396. The Kier molecular flexibility index (Phi) is 14.8. The number of carboxylic acid groups (broad SMARTS) is 1. The third kappa shape index (κ3) is 12.0. The van der Waals surface area contributed by atoms with Crippen LogP contribution in [0.15, 0.2) is 83.6 Å². The number of fused-ring (bicyclic) bond motifs is 1. The lowest BCUT2D eigenvalue weighted by molar-refractivity contribution is -0.122. The van der Waals surface area contributed by atoms with E-state index in [0.717, 1.165) is 43.6 Å². The Hall–Kier alpha value is -5.63. The fourth-order valence-corrected chi connectivity index (χ4v) is 6.07. The summed E-state index contributed by atoms with van der Waals surface area (Å²) in [5, 5.41) is 30.2. The van der Waals surface area contributed by atoms with E-state index in [9.17, 15) is 4.79 Å². The highest BCUT2D eigenvalue weighted by molar-refractivity contribution is 6.05. The first-order valence-electron chi connectivity index (χ1n) is 18.2. The first kappa shape index (κ1) is 41.1. The number of nitrogens with zero attached hydrogens (tertiary/aromatic N) is 4. The van der Waals surface area contributed by atoms with E-state index in [2.05, 4.69) is 15.5 Å². The van der Waals surface area contributed by atoms with Gasteiger partial charge in [-0.2, -0.15) is 0 Å². The Bertz CT molecular complexity index is 1860. The van der Waals surface area contributed by atoms with Crippen LogP contribution in [0.5, 0.6) is 11.5 Å². The van der Waals surface area contributed by atoms with Crippen LogP contribution in [0.4, 0.5) is 10.5 Å². The quantitative estimate of drug-likeness (QED) is 0.0906. The molecule has 2 aromatic carbocycles. The molecule has 3 aromatic rings. The molecule has 2 aliphatic rings. The number of pyridine rings is 1. The lowest BCUT2D eigenvalue weighted by atomic mass is 9.85. The Morgan fingerprint density at radius 2 is 1.74 bits per heavy atom. The van der Waals surface area contributed by atoms with Crippen LogP contribution in [0.3, 0.4) is 0 Å². The molecule has 14 nitrogen and oxygen atoms in total. The highest BCUT2D eigenvalue weighted by Crippen LogP contribution is 2.38. The van der Waals surface area contributed by atoms with E-state index < -0.39 is 6.03 Å². The summed E-state index contributed by atoms with van der Waals surface area (Å²) < 4.78 is 14.0. The van der Waals surface area contributed by atoms with Crippen molar-refractivity contribution in [2.45, 2.75) is 65.0 Å². The number of ether oxygens (including phenoxy) is 2. The number of likely N-dealkylation sites (tertiary alicyclic amines) is 1. The number of benzene rings is 2. The SMILES string of the molecule is CN(C)CCOc1cccc(N=C(/C=C(\N)C(C)(C)C)NC(=O)N[C@H]2CC[C@@H](Oc3ccc(=N)n(C(=N)N4CCCCC4)c3)c3ccccc32)c1.O=CO. The van der Waals surface area contributed by atoms with Crippen molar-refractivity contribution in [1.82, 2.24) is 25.0 Å². The normalized spacial score (nSPS) is 17.4. The zero-order valence-electron chi connectivity index (χ0n) is 32.0. The number of aliphatic imine (C=N–C) groups is 1. The standard InChI is InChI=1S/C39H53N9O3.CH2O2/c1-39(2,3)34(40)25-36(43-27-12-11-13-28(24-27)50-23-22-46(4)5)45-38(49)44-32-17-18-33(31-15-8-7-14-30(31)32)51-29-16-19-35(41)48(26-29)37(42)47-20-9-6-10-21-47;2-1-3/h7-8,11-16,19,24-26,32-33,41-42H,6,9-10,17-18,20-23,40H2,1-5H3,(H2,43,44,45,49);1H,(H,2,3)/b34-25-,41-35?,42-37?;/t32-,33+;/m0./s1. The van der Waals surface area contributed by atoms with Crippen molar-refractivity contribution in [2.24, 2.45) is 16.1 Å². The molecule has 1 aliphatic carbocycles. The lowest BCUT2D eigenvalue weighted by Crippen LogP contribution is -2.43. The van der Waals surface area contributed by atoms with Crippen LogP contribution in [-0.4, -0.2) is 84.1 Å². The summed E-state index contributed by atoms with van der Waals surface area (Å²) in [4.78, 5) is 30.8. The molecule has 5 rings (SSSR count). The molecule has 7 N–H and O–H groups in total. The van der Waals surface area contributed by atoms with E-state index >= 15 is 0 Å². The van der Waals surface area contributed by atoms with Gasteiger partial charge in [0.05, 0.1) is 17.9 Å². The number of aromatic nitrogens is 1. The molecule has 1 fully saturated rings. The van der Waals surface area contributed by atoms with Gasteiger partial charge in [0.1, 0.15) is 35.5 Å². The first-order valence-corrected chi connectivity index (χ1v) is 18.2. The molecule has 0 unspecified atom stereocenters. The largest absolute Gasteiger partial charge is 0.492 e. The van der Waals surface area contributed by atoms with E-state index in [-0.39, 0.29) is 29.5 Å². The number of rotatable bonds is 9. The molecule has 0 radical (unpaired) electrons. The molecule has 0 bridgehead atoms. The molecule has 2 heterocycles. The van der Waals surface area contributed by atoms with Crippen LogP contribution < -0.4 is 31.3 Å². The second-order valence-corrected chi connectivity index (χ2v) is 14.6. The van der Waals surface area contributed by atoms with Crippen molar-refractivity contribution in [1.29, 1.82) is 10.8 Å². The topological polar surface area (TPSA) is 194 Å². The van der Waals surface area contributed by atoms with Gasteiger partial charge >= 0.3 is 6.03 Å². The Morgan fingerprint density at radius 1 is 1.04 bits per heavy atom. The summed E-state index contributed by atoms with van der Waals surface area (Å²) in [6.07, 6.45) is 7.77. The number of hydrogen-bond donors (Lipinski definition) is 6. The molecule has 1 saturated heterocycles. The number of hydrogen-bond acceptors (Lipinski definition) is 9. The number of carbonyl (C=O) groups excluding carboxylic acids is 1. The van der Waals surface area contributed by atoms with Crippen LogP contribution in [0.1, 0.15) is 76.1 Å². The zero-order valence-corrected chi connectivity index (χ0v) is 32.0. The van der Waals surface area contributed by atoms with Crippen molar-refractivity contribution in [2.75, 3.05) is 40.3 Å². The molecule has 14 heteroatoms. The number of piperidine rings is 1. The summed E-state index contributed by atoms with van der Waals surface area (Å²) in [6.45, 7) is 8.74. The number of carbonyl (C=O) groups is 2. The third-order valence-corrected chi connectivity index (χ3v) is 9.10. The molecule has 2 atom stereocenters. The second-order valence-electron chi connectivity index (χ2n) is 14.6. The Labute approximate surface area is 317 Å². The van der Waals surface area contributed by atoms with Gasteiger partial charge in [-0.1, -0.05) is 51.1 Å². The highest BCUT2D eigenvalue weighted by Gasteiger charge is 2.30. The first-order chi connectivity index (χ1) is 25.8. The van der Waals surface area contributed by atoms with E-state index in [1.54, 1.807) is 29.0 Å². The van der Waals surface area contributed by atoms with Crippen LogP contribution >= 0.6 is 0 Å². The number of urea groups is 1. The zero-order chi connectivity index (χ0) is 39.3.